The van der Waals surface area contributed by atoms with Crippen molar-refractivity contribution in [3.8, 4) is 5.75 Å². The molecule has 0 bridgehead atoms. The summed E-state index contributed by atoms with van der Waals surface area (Å²) in [4.78, 5) is 0. The van der Waals surface area contributed by atoms with Gasteiger partial charge in [0.15, 0.2) is 6.23 Å². The van der Waals surface area contributed by atoms with E-state index in [2.05, 4.69) is 95.5 Å². The largest absolute Gasteiger partial charge is 0.469 e. The first kappa shape index (κ1) is 17.7. The molecule has 0 fully saturated rings. The maximum absolute atomic E-state index is 6.36. The fourth-order valence-electron chi connectivity index (χ4n) is 4.24. The number of hydrogen-bond acceptors (Lipinski definition) is 3. The molecule has 28 heavy (non-hydrogen) atoms. The molecule has 0 saturated carbocycles. The van der Waals surface area contributed by atoms with Crippen molar-refractivity contribution in [2.45, 2.75) is 39.0 Å². The Labute approximate surface area is 174 Å². The van der Waals surface area contributed by atoms with Gasteiger partial charge in [-0.3, -0.25) is 5.01 Å². The first-order valence-corrected chi connectivity index (χ1v) is 10.7. The molecule has 0 radical (unpaired) electrons. The summed E-state index contributed by atoms with van der Waals surface area (Å²) in [6, 6.07) is 21.7. The van der Waals surface area contributed by atoms with Crippen LogP contribution in [0.4, 0.5) is 0 Å². The standard InChI is InChI=1S/C24H23BrN2O/c1-15(2)11-24-27-22(20-13-19(25)9-10-23(20)28-24)14-21(26-27)18-8-7-16-5-3-4-6-17(16)12-18/h3-10,12-13,15,22,24H,11,14H2,1-2H3/t22-,24+/m1/s1. The van der Waals surface area contributed by atoms with Crippen LogP contribution in [0.3, 0.4) is 0 Å². The normalized spacial score (nSPS) is 20.7. The minimum Gasteiger partial charge on any atom is -0.469 e. The fourth-order valence-corrected chi connectivity index (χ4v) is 4.61. The maximum Gasteiger partial charge on any atom is 0.188 e. The Bertz CT molecular complexity index is 1080. The molecule has 3 aromatic rings. The van der Waals surface area contributed by atoms with E-state index >= 15 is 0 Å². The third-order valence-electron chi connectivity index (χ3n) is 5.59. The average molecular weight is 435 g/mol. The Morgan fingerprint density at radius 2 is 1.89 bits per heavy atom. The molecule has 4 heteroatoms. The second kappa shape index (κ2) is 6.93. The highest BCUT2D eigenvalue weighted by atomic mass is 79.9. The molecular formula is C24H23BrN2O. The van der Waals surface area contributed by atoms with Crippen LogP contribution >= 0.6 is 15.9 Å². The van der Waals surface area contributed by atoms with Crippen LogP contribution in [0.15, 0.2) is 70.2 Å². The van der Waals surface area contributed by atoms with Gasteiger partial charge in [0.25, 0.3) is 0 Å². The lowest BCUT2D eigenvalue weighted by Gasteiger charge is -2.38. The second-order valence-electron chi connectivity index (χ2n) is 8.09. The third kappa shape index (κ3) is 3.10. The minimum absolute atomic E-state index is 0.0170. The SMILES string of the molecule is CC(C)C[C@@H]1Oc2ccc(Br)cc2[C@H]2CC(c3ccc4ccccc4c3)=NN12. The van der Waals surface area contributed by atoms with Gasteiger partial charge in [-0.25, -0.2) is 0 Å². The summed E-state index contributed by atoms with van der Waals surface area (Å²) in [7, 11) is 0. The van der Waals surface area contributed by atoms with E-state index in [1.807, 2.05) is 0 Å². The Morgan fingerprint density at radius 1 is 1.07 bits per heavy atom. The number of nitrogens with zero attached hydrogens (tertiary/aromatic N) is 2. The van der Waals surface area contributed by atoms with Crippen molar-refractivity contribution in [1.82, 2.24) is 5.01 Å². The quantitative estimate of drug-likeness (QED) is 0.468. The van der Waals surface area contributed by atoms with Gasteiger partial charge in [-0.2, -0.15) is 5.10 Å². The number of halogens is 1. The lowest BCUT2D eigenvalue weighted by Crippen LogP contribution is -2.41. The van der Waals surface area contributed by atoms with E-state index in [9.17, 15) is 0 Å². The van der Waals surface area contributed by atoms with Crippen LogP contribution in [0, 0.1) is 5.92 Å². The number of hydrogen-bond donors (Lipinski definition) is 0. The van der Waals surface area contributed by atoms with Crippen molar-refractivity contribution in [2.75, 3.05) is 0 Å². The molecule has 0 N–H and O–H groups in total. The van der Waals surface area contributed by atoms with Gasteiger partial charge in [0.05, 0.1) is 11.8 Å². The predicted molar refractivity (Wildman–Crippen MR) is 118 cm³/mol. The zero-order valence-corrected chi connectivity index (χ0v) is 17.7. The van der Waals surface area contributed by atoms with E-state index < -0.39 is 0 Å². The van der Waals surface area contributed by atoms with Crippen molar-refractivity contribution in [3.05, 3.63) is 76.3 Å². The molecule has 0 spiro atoms. The lowest BCUT2D eigenvalue weighted by molar-refractivity contribution is -0.0291. The van der Waals surface area contributed by atoms with Crippen molar-refractivity contribution < 1.29 is 4.74 Å². The summed E-state index contributed by atoms with van der Waals surface area (Å²) in [5.74, 6) is 1.53. The summed E-state index contributed by atoms with van der Waals surface area (Å²) in [5.41, 5.74) is 3.56. The van der Waals surface area contributed by atoms with Gasteiger partial charge in [0, 0.05) is 22.9 Å². The van der Waals surface area contributed by atoms with Crippen LogP contribution in [0.5, 0.6) is 5.75 Å². The van der Waals surface area contributed by atoms with Crippen molar-refractivity contribution in [2.24, 2.45) is 11.0 Å². The molecule has 3 nitrogen and oxygen atoms in total. The van der Waals surface area contributed by atoms with E-state index in [0.29, 0.717) is 5.92 Å². The molecule has 2 aliphatic heterocycles. The average Bonchev–Trinajstić information content (AvgIpc) is 3.14. The number of ether oxygens (including phenoxy) is 1. The second-order valence-corrected chi connectivity index (χ2v) is 9.01. The molecule has 2 heterocycles. The highest BCUT2D eigenvalue weighted by Crippen LogP contribution is 2.45. The minimum atomic E-state index is -0.0170. The molecule has 5 rings (SSSR count). The number of benzene rings is 3. The summed E-state index contributed by atoms with van der Waals surface area (Å²) < 4.78 is 7.44. The van der Waals surface area contributed by atoms with E-state index in [4.69, 9.17) is 9.84 Å². The van der Waals surface area contributed by atoms with Crippen LogP contribution < -0.4 is 4.74 Å². The Balaban J connectivity index is 1.55. The first-order valence-electron chi connectivity index (χ1n) is 9.89. The van der Waals surface area contributed by atoms with E-state index in [1.54, 1.807) is 0 Å². The predicted octanol–water partition coefficient (Wildman–Crippen LogP) is 6.52. The smallest absolute Gasteiger partial charge is 0.188 e. The zero-order valence-electron chi connectivity index (χ0n) is 16.1. The van der Waals surface area contributed by atoms with E-state index in [-0.39, 0.29) is 12.3 Å². The van der Waals surface area contributed by atoms with Gasteiger partial charge in [-0.15, -0.1) is 0 Å². The van der Waals surface area contributed by atoms with Gasteiger partial charge in [0.2, 0.25) is 0 Å². The molecule has 0 amide bonds. The molecular weight excluding hydrogens is 412 g/mol. The third-order valence-corrected chi connectivity index (χ3v) is 6.08. The van der Waals surface area contributed by atoms with Crippen LogP contribution in [-0.2, 0) is 0 Å². The summed E-state index contributed by atoms with van der Waals surface area (Å²) >= 11 is 3.62. The van der Waals surface area contributed by atoms with Crippen molar-refractivity contribution in [3.63, 3.8) is 0 Å². The Kier molecular flexibility index (Phi) is 4.39. The summed E-state index contributed by atoms with van der Waals surface area (Å²) in [6.45, 7) is 4.47. The van der Waals surface area contributed by atoms with Gasteiger partial charge in [0.1, 0.15) is 5.75 Å². The highest BCUT2D eigenvalue weighted by molar-refractivity contribution is 9.10. The molecule has 0 aromatic heterocycles. The molecule has 2 atom stereocenters. The molecule has 0 unspecified atom stereocenters. The van der Waals surface area contributed by atoms with Crippen LogP contribution in [0.25, 0.3) is 10.8 Å². The van der Waals surface area contributed by atoms with Gasteiger partial charge in [-0.05, 0) is 46.5 Å². The molecule has 0 aliphatic carbocycles. The topological polar surface area (TPSA) is 24.8 Å². The number of hydrazone groups is 1. The molecule has 3 aromatic carbocycles. The van der Waals surface area contributed by atoms with Crippen LogP contribution in [-0.4, -0.2) is 16.9 Å². The molecule has 142 valence electrons. The zero-order chi connectivity index (χ0) is 19.3. The number of rotatable bonds is 3. The first-order chi connectivity index (χ1) is 13.6. The Hall–Kier alpha value is -2.33. The maximum atomic E-state index is 6.36. The van der Waals surface area contributed by atoms with E-state index in [1.165, 1.54) is 21.9 Å². The Morgan fingerprint density at radius 3 is 2.71 bits per heavy atom. The molecule has 2 aliphatic rings. The summed E-state index contributed by atoms with van der Waals surface area (Å²) in [6.07, 6.45) is 1.84. The van der Waals surface area contributed by atoms with E-state index in [0.717, 1.165) is 28.8 Å². The number of fused-ring (bicyclic) bond motifs is 4. The van der Waals surface area contributed by atoms with Gasteiger partial charge < -0.3 is 4.74 Å². The lowest BCUT2D eigenvalue weighted by atomic mass is 9.95. The van der Waals surface area contributed by atoms with Crippen molar-refractivity contribution >= 4 is 32.4 Å². The molecule has 0 saturated heterocycles. The van der Waals surface area contributed by atoms with Crippen LogP contribution in [0.1, 0.15) is 43.9 Å². The fraction of sp³-hybridized carbons (Fsp3) is 0.292. The summed E-state index contributed by atoms with van der Waals surface area (Å²) in [5, 5.41) is 9.77. The van der Waals surface area contributed by atoms with Crippen LogP contribution in [0.2, 0.25) is 0 Å². The monoisotopic (exact) mass is 434 g/mol. The van der Waals surface area contributed by atoms with Crippen molar-refractivity contribution in [1.29, 1.82) is 0 Å². The van der Waals surface area contributed by atoms with Gasteiger partial charge in [-0.1, -0.05) is 66.2 Å². The highest BCUT2D eigenvalue weighted by Gasteiger charge is 2.40. The van der Waals surface area contributed by atoms with Gasteiger partial charge >= 0.3 is 0 Å².